The maximum atomic E-state index is 11.4. The van der Waals surface area contributed by atoms with Gasteiger partial charge in [-0.05, 0) is 29.7 Å². The number of benzene rings is 2. The summed E-state index contributed by atoms with van der Waals surface area (Å²) in [7, 11) is -9.60. The number of nitro benzene ring substituents is 2. The van der Waals surface area contributed by atoms with Crippen LogP contribution in [0, 0.1) is 20.2 Å². The Kier molecular flexibility index (Phi) is 4.03. The molecule has 1 aliphatic carbocycles. The van der Waals surface area contributed by atoms with Crippen LogP contribution >= 0.6 is 0 Å². The van der Waals surface area contributed by atoms with Crippen LogP contribution in [0.2, 0.25) is 0 Å². The van der Waals surface area contributed by atoms with E-state index in [9.17, 15) is 37.1 Å². The van der Waals surface area contributed by atoms with Gasteiger partial charge in [0, 0.05) is 12.1 Å². The summed E-state index contributed by atoms with van der Waals surface area (Å²) in [4.78, 5) is 19.3. The molecule has 0 atom stereocenters. The van der Waals surface area contributed by atoms with Crippen LogP contribution < -0.4 is 0 Å². The van der Waals surface area contributed by atoms with E-state index in [-0.39, 0.29) is 28.7 Å². The predicted octanol–water partition coefficient (Wildman–Crippen LogP) is 1.57. The van der Waals surface area contributed by atoms with E-state index in [0.717, 1.165) is 12.1 Å². The average Bonchev–Trinajstić information content (AvgIpc) is 2.89. The number of hydrogen-bond acceptors (Lipinski definition) is 8. The highest BCUT2D eigenvalue weighted by molar-refractivity contribution is 7.86. The minimum absolute atomic E-state index is 0.0255. The molecule has 142 valence electrons. The largest absolute Gasteiger partial charge is 0.294 e. The van der Waals surface area contributed by atoms with Crippen LogP contribution in [0.1, 0.15) is 11.1 Å². The van der Waals surface area contributed by atoms with E-state index in [4.69, 9.17) is 9.11 Å². The quantitative estimate of drug-likeness (QED) is 0.358. The molecular formula is C13H8N2O10S2. The Bertz CT molecular complexity index is 1150. The molecule has 2 aromatic rings. The molecule has 3 rings (SSSR count). The fourth-order valence-corrected chi connectivity index (χ4v) is 4.06. The standard InChI is InChI=1S/C13H8N2O10S2/c16-14(17)10-4-8(26(20,21)22)2-6-1-7-3-9(27(23,24)25)5-11(15(18)19)13(7)12(6)10/h2-5H,1H2,(H,20,21,22)(H,23,24,25). The Labute approximate surface area is 150 Å². The van der Waals surface area contributed by atoms with Gasteiger partial charge in [-0.25, -0.2) is 0 Å². The van der Waals surface area contributed by atoms with Crippen LogP contribution in [0.4, 0.5) is 11.4 Å². The molecule has 12 nitrogen and oxygen atoms in total. The summed E-state index contributed by atoms with van der Waals surface area (Å²) in [5.74, 6) is 0. The van der Waals surface area contributed by atoms with Gasteiger partial charge in [0.2, 0.25) is 0 Å². The second kappa shape index (κ2) is 5.78. The van der Waals surface area contributed by atoms with Crippen molar-refractivity contribution in [1.82, 2.24) is 0 Å². The summed E-state index contributed by atoms with van der Waals surface area (Å²) < 4.78 is 63.7. The molecule has 14 heteroatoms. The fraction of sp³-hybridized carbons (Fsp3) is 0.0769. The first-order valence-electron chi connectivity index (χ1n) is 6.88. The zero-order chi connectivity index (χ0) is 20.3. The van der Waals surface area contributed by atoms with E-state index < -0.39 is 51.2 Å². The van der Waals surface area contributed by atoms with Gasteiger partial charge in [-0.15, -0.1) is 0 Å². The average molecular weight is 416 g/mol. The zero-order valence-electron chi connectivity index (χ0n) is 12.9. The van der Waals surface area contributed by atoms with Gasteiger partial charge in [-0.3, -0.25) is 29.3 Å². The lowest BCUT2D eigenvalue weighted by atomic mass is 10.0. The van der Waals surface area contributed by atoms with E-state index in [1.54, 1.807) is 0 Å². The third-order valence-corrected chi connectivity index (χ3v) is 5.63. The molecule has 0 saturated carbocycles. The lowest BCUT2D eigenvalue weighted by molar-refractivity contribution is -0.386. The Morgan fingerprint density at radius 2 is 1.07 bits per heavy atom. The van der Waals surface area contributed by atoms with E-state index in [1.807, 2.05) is 0 Å². The maximum Gasteiger partial charge on any atom is 0.294 e. The molecule has 0 amide bonds. The van der Waals surface area contributed by atoms with Gasteiger partial charge in [0.15, 0.2) is 0 Å². The van der Waals surface area contributed by atoms with Crippen molar-refractivity contribution in [2.24, 2.45) is 0 Å². The third kappa shape index (κ3) is 3.14. The van der Waals surface area contributed by atoms with Crippen LogP contribution in [-0.2, 0) is 26.7 Å². The first-order chi connectivity index (χ1) is 12.3. The second-order valence-corrected chi connectivity index (χ2v) is 8.44. The number of hydrogen-bond donors (Lipinski definition) is 2. The first-order valence-corrected chi connectivity index (χ1v) is 9.76. The first kappa shape index (κ1) is 18.8. The fourth-order valence-electron chi connectivity index (χ4n) is 2.96. The van der Waals surface area contributed by atoms with Crippen molar-refractivity contribution in [3.63, 3.8) is 0 Å². The number of nitrogens with zero attached hydrogens (tertiary/aromatic N) is 2. The molecule has 0 bridgehead atoms. The lowest BCUT2D eigenvalue weighted by Crippen LogP contribution is -2.03. The van der Waals surface area contributed by atoms with E-state index in [2.05, 4.69) is 0 Å². The van der Waals surface area contributed by atoms with E-state index >= 15 is 0 Å². The summed E-state index contributed by atoms with van der Waals surface area (Å²) in [6, 6.07) is 2.94. The molecule has 2 aromatic carbocycles. The molecule has 0 spiro atoms. The zero-order valence-corrected chi connectivity index (χ0v) is 14.5. The van der Waals surface area contributed by atoms with Gasteiger partial charge in [0.1, 0.15) is 9.79 Å². The summed E-state index contributed by atoms with van der Waals surface area (Å²) in [5, 5.41) is 22.8. The normalized spacial score (nSPS) is 13.1. The van der Waals surface area contributed by atoms with Crippen molar-refractivity contribution in [2.45, 2.75) is 16.2 Å². The molecule has 0 aromatic heterocycles. The highest BCUT2D eigenvalue weighted by Gasteiger charge is 2.36. The molecule has 2 N–H and O–H groups in total. The minimum atomic E-state index is -4.80. The van der Waals surface area contributed by atoms with Gasteiger partial charge in [0.05, 0.1) is 21.0 Å². The van der Waals surface area contributed by atoms with Crippen LogP contribution in [-0.4, -0.2) is 35.8 Å². The molecular weight excluding hydrogens is 408 g/mol. The highest BCUT2D eigenvalue weighted by Crippen LogP contribution is 2.48. The molecule has 0 aliphatic heterocycles. The predicted molar refractivity (Wildman–Crippen MR) is 87.6 cm³/mol. The summed E-state index contributed by atoms with van der Waals surface area (Å²) in [6.45, 7) is 0. The Morgan fingerprint density at radius 1 is 0.741 bits per heavy atom. The summed E-state index contributed by atoms with van der Waals surface area (Å²) >= 11 is 0. The number of fused-ring (bicyclic) bond motifs is 3. The van der Waals surface area contributed by atoms with Crippen LogP contribution in [0.25, 0.3) is 11.1 Å². The molecule has 0 fully saturated rings. The molecule has 27 heavy (non-hydrogen) atoms. The topological polar surface area (TPSA) is 195 Å². The third-order valence-electron chi connectivity index (χ3n) is 3.97. The number of rotatable bonds is 4. The molecule has 0 saturated heterocycles. The van der Waals surface area contributed by atoms with Gasteiger partial charge < -0.3 is 0 Å². The molecule has 0 unspecified atom stereocenters. The molecule has 0 heterocycles. The van der Waals surface area contributed by atoms with E-state index in [1.165, 1.54) is 0 Å². The second-order valence-electron chi connectivity index (χ2n) is 5.59. The van der Waals surface area contributed by atoms with Gasteiger partial charge in [0.25, 0.3) is 31.6 Å². The minimum Gasteiger partial charge on any atom is -0.282 e. The van der Waals surface area contributed by atoms with Crippen LogP contribution in [0.5, 0.6) is 0 Å². The summed E-state index contributed by atoms with van der Waals surface area (Å²) in [5.41, 5.74) is -2.17. The smallest absolute Gasteiger partial charge is 0.282 e. The molecule has 1 aliphatic rings. The highest BCUT2D eigenvalue weighted by atomic mass is 32.2. The maximum absolute atomic E-state index is 11.4. The Morgan fingerprint density at radius 3 is 1.33 bits per heavy atom. The number of nitro groups is 2. The molecule has 0 radical (unpaired) electrons. The van der Waals surface area contributed by atoms with Crippen molar-refractivity contribution >= 4 is 31.6 Å². The van der Waals surface area contributed by atoms with Crippen molar-refractivity contribution in [1.29, 1.82) is 0 Å². The monoisotopic (exact) mass is 416 g/mol. The van der Waals surface area contributed by atoms with Crippen molar-refractivity contribution in [3.8, 4) is 11.1 Å². The van der Waals surface area contributed by atoms with Crippen LogP contribution in [0.15, 0.2) is 34.1 Å². The van der Waals surface area contributed by atoms with Gasteiger partial charge in [-0.2, -0.15) is 16.8 Å². The van der Waals surface area contributed by atoms with Crippen molar-refractivity contribution in [2.75, 3.05) is 0 Å². The Hall–Kier alpha value is -2.94. The SMILES string of the molecule is O=[N+]([O-])c1cc(S(=O)(=O)O)cc2c1-c1c(cc(S(=O)(=O)O)cc1[N+](=O)[O-])C2. The van der Waals surface area contributed by atoms with Crippen molar-refractivity contribution in [3.05, 3.63) is 55.6 Å². The van der Waals surface area contributed by atoms with Crippen LogP contribution in [0.3, 0.4) is 0 Å². The van der Waals surface area contributed by atoms with Crippen molar-refractivity contribution < 1.29 is 35.8 Å². The summed E-state index contributed by atoms with van der Waals surface area (Å²) in [6.07, 6.45) is -0.279. The van der Waals surface area contributed by atoms with Gasteiger partial charge in [-0.1, -0.05) is 0 Å². The van der Waals surface area contributed by atoms with Gasteiger partial charge >= 0.3 is 0 Å². The lowest BCUT2D eigenvalue weighted by Gasteiger charge is -2.07. The van der Waals surface area contributed by atoms with E-state index in [0.29, 0.717) is 12.1 Å². The Balaban J connectivity index is 2.44.